The zero-order valence-corrected chi connectivity index (χ0v) is 18.8. The molecule has 0 bridgehead atoms. The van der Waals surface area contributed by atoms with Gasteiger partial charge in [-0.3, -0.25) is 4.79 Å². The lowest BCUT2D eigenvalue weighted by Gasteiger charge is -2.38. The number of aryl methyl sites for hydroxylation is 2. The summed E-state index contributed by atoms with van der Waals surface area (Å²) in [4.78, 5) is 18.9. The van der Waals surface area contributed by atoms with E-state index >= 15 is 0 Å². The summed E-state index contributed by atoms with van der Waals surface area (Å²) in [5.41, 5.74) is 1.25. The number of imidazole rings is 1. The first kappa shape index (κ1) is 22.9. The van der Waals surface area contributed by atoms with Crippen molar-refractivity contribution in [3.8, 4) is 0 Å². The van der Waals surface area contributed by atoms with E-state index in [1.54, 1.807) is 35.6 Å². The molecule has 3 aromatic rings. The average Bonchev–Trinajstić information content (AvgIpc) is 3.00. The Morgan fingerprint density at radius 3 is 2.56 bits per heavy atom. The summed E-state index contributed by atoms with van der Waals surface area (Å²) in [5, 5.41) is 9.70. The second-order valence-corrected chi connectivity index (χ2v) is 8.85. The number of nitrogens with zero attached hydrogens (tertiary/aromatic N) is 3. The number of amides is 1. The fourth-order valence-electron chi connectivity index (χ4n) is 3.93. The Morgan fingerprint density at radius 2 is 1.94 bits per heavy atom. The number of hydrogen-bond acceptors (Lipinski definition) is 3. The van der Waals surface area contributed by atoms with E-state index in [1.165, 1.54) is 0 Å². The zero-order chi connectivity index (χ0) is 23.4. The van der Waals surface area contributed by atoms with Crippen LogP contribution in [0.3, 0.4) is 0 Å². The molecule has 1 aliphatic rings. The molecule has 5 nitrogen and oxygen atoms in total. The van der Waals surface area contributed by atoms with Crippen molar-refractivity contribution in [3.05, 3.63) is 62.4 Å². The average molecular weight is 486 g/mol. The van der Waals surface area contributed by atoms with Gasteiger partial charge in [0.25, 0.3) is 5.91 Å². The first-order valence-corrected chi connectivity index (χ1v) is 10.7. The van der Waals surface area contributed by atoms with E-state index in [4.69, 9.17) is 28.3 Å². The molecule has 1 N–H and O–H groups in total. The Balaban J connectivity index is 1.71. The van der Waals surface area contributed by atoms with Gasteiger partial charge in [0.2, 0.25) is 0 Å². The fourth-order valence-corrected chi connectivity index (χ4v) is 4.52. The Labute approximate surface area is 192 Å². The molecule has 4 rings (SSSR count). The summed E-state index contributed by atoms with van der Waals surface area (Å²) >= 11 is 12.9. The molecule has 2 heterocycles. The van der Waals surface area contributed by atoms with Crippen LogP contribution in [-0.4, -0.2) is 45.2 Å². The third kappa shape index (κ3) is 3.95. The molecule has 1 fully saturated rings. The van der Waals surface area contributed by atoms with Gasteiger partial charge >= 0.3 is 6.18 Å². The lowest BCUT2D eigenvalue weighted by Crippen LogP contribution is -2.51. The number of carbonyl (C=O) groups is 1. The molecule has 0 atom stereocenters. The van der Waals surface area contributed by atoms with E-state index in [0.29, 0.717) is 46.1 Å². The van der Waals surface area contributed by atoms with Crippen LogP contribution in [0.2, 0.25) is 10.0 Å². The van der Waals surface area contributed by atoms with Crippen LogP contribution in [0.15, 0.2) is 24.3 Å². The SMILES string of the molecule is Cc1cc(C(F)(F)F)cc2c1nc(Cc1c(Cl)ccc(C(=O)N3CC(CO)C3)c1Cl)n2C. The second kappa shape index (κ2) is 8.24. The number of likely N-dealkylation sites (tertiary alicyclic amines) is 1. The summed E-state index contributed by atoms with van der Waals surface area (Å²) in [6, 6.07) is 5.28. The van der Waals surface area contributed by atoms with Crippen LogP contribution in [0.1, 0.15) is 32.9 Å². The monoisotopic (exact) mass is 485 g/mol. The standard InChI is InChI=1S/C22H20Cl2F3N3O2/c1-11-5-13(22(25,26)27)6-17-20(11)28-18(29(17)2)7-15-16(23)4-3-14(19(15)24)21(32)30-8-12(9-30)10-31/h3-6,12,31H,7-10H2,1-2H3. The van der Waals surface area contributed by atoms with E-state index in [1.807, 2.05) is 0 Å². The molecule has 1 saturated heterocycles. The minimum absolute atomic E-state index is 0.0194. The van der Waals surface area contributed by atoms with Gasteiger partial charge in [0.15, 0.2) is 0 Å². The minimum Gasteiger partial charge on any atom is -0.396 e. The molecule has 170 valence electrons. The van der Waals surface area contributed by atoms with E-state index in [0.717, 1.165) is 12.1 Å². The zero-order valence-electron chi connectivity index (χ0n) is 17.3. The first-order valence-electron chi connectivity index (χ1n) is 9.91. The number of fused-ring (bicyclic) bond motifs is 1. The Kier molecular flexibility index (Phi) is 5.90. The third-order valence-electron chi connectivity index (χ3n) is 5.85. The largest absolute Gasteiger partial charge is 0.416 e. The smallest absolute Gasteiger partial charge is 0.396 e. The fraction of sp³-hybridized carbons (Fsp3) is 0.364. The molecule has 1 aromatic heterocycles. The molecule has 0 unspecified atom stereocenters. The van der Waals surface area contributed by atoms with Gasteiger partial charge in [0.05, 0.1) is 27.2 Å². The molecule has 1 amide bonds. The minimum atomic E-state index is -4.46. The van der Waals surface area contributed by atoms with E-state index in [-0.39, 0.29) is 35.4 Å². The topological polar surface area (TPSA) is 58.4 Å². The van der Waals surface area contributed by atoms with Crippen LogP contribution < -0.4 is 0 Å². The number of carbonyl (C=O) groups excluding carboxylic acids is 1. The van der Waals surface area contributed by atoms with E-state index < -0.39 is 11.7 Å². The Hall–Kier alpha value is -2.29. The summed E-state index contributed by atoms with van der Waals surface area (Å²) in [6.45, 7) is 2.51. The van der Waals surface area contributed by atoms with Crippen LogP contribution in [0.25, 0.3) is 11.0 Å². The predicted octanol–water partition coefficient (Wildman–Crippen LogP) is 4.86. The van der Waals surface area contributed by atoms with E-state index in [2.05, 4.69) is 4.98 Å². The molecule has 0 aliphatic carbocycles. The highest BCUT2D eigenvalue weighted by Gasteiger charge is 2.33. The van der Waals surface area contributed by atoms with Gasteiger partial charge in [-0.2, -0.15) is 13.2 Å². The first-order chi connectivity index (χ1) is 15.0. The molecular formula is C22H20Cl2F3N3O2. The molecule has 0 saturated carbocycles. The predicted molar refractivity (Wildman–Crippen MR) is 116 cm³/mol. The number of hydrogen-bond donors (Lipinski definition) is 1. The molecule has 1 aliphatic heterocycles. The lowest BCUT2D eigenvalue weighted by molar-refractivity contribution is -0.137. The van der Waals surface area contributed by atoms with Crippen molar-refractivity contribution < 1.29 is 23.1 Å². The number of alkyl halides is 3. The maximum absolute atomic E-state index is 13.2. The highest BCUT2D eigenvalue weighted by molar-refractivity contribution is 6.38. The van der Waals surface area contributed by atoms with Crippen molar-refractivity contribution in [1.82, 2.24) is 14.5 Å². The van der Waals surface area contributed by atoms with Gasteiger partial charge in [-0.05, 0) is 42.3 Å². The third-order valence-corrected chi connectivity index (χ3v) is 6.64. The van der Waals surface area contributed by atoms with Crippen molar-refractivity contribution in [3.63, 3.8) is 0 Å². The normalized spacial score (nSPS) is 14.8. The van der Waals surface area contributed by atoms with Crippen LogP contribution in [-0.2, 0) is 19.6 Å². The summed E-state index contributed by atoms with van der Waals surface area (Å²) in [6.07, 6.45) is -4.32. The highest BCUT2D eigenvalue weighted by Crippen LogP contribution is 2.35. The maximum atomic E-state index is 13.2. The Morgan fingerprint density at radius 1 is 1.25 bits per heavy atom. The number of aromatic nitrogens is 2. The molecular weight excluding hydrogens is 466 g/mol. The molecule has 10 heteroatoms. The quantitative estimate of drug-likeness (QED) is 0.573. The van der Waals surface area contributed by atoms with Gasteiger partial charge in [0, 0.05) is 44.1 Å². The van der Waals surface area contributed by atoms with E-state index in [9.17, 15) is 18.0 Å². The number of rotatable bonds is 4. The maximum Gasteiger partial charge on any atom is 0.416 e. The summed E-state index contributed by atoms with van der Waals surface area (Å²) < 4.78 is 41.3. The number of aliphatic hydroxyl groups excluding tert-OH is 1. The van der Waals surface area contributed by atoms with Crippen LogP contribution >= 0.6 is 23.2 Å². The number of halogens is 5. The van der Waals surface area contributed by atoms with Crippen molar-refractivity contribution in [1.29, 1.82) is 0 Å². The van der Waals surface area contributed by atoms with Gasteiger partial charge in [-0.1, -0.05) is 23.2 Å². The molecule has 0 radical (unpaired) electrons. The lowest BCUT2D eigenvalue weighted by atomic mass is 9.99. The van der Waals surface area contributed by atoms with Gasteiger partial charge < -0.3 is 14.6 Å². The molecule has 32 heavy (non-hydrogen) atoms. The molecule has 2 aromatic carbocycles. The van der Waals surface area contributed by atoms with Crippen molar-refractivity contribution in [2.75, 3.05) is 19.7 Å². The van der Waals surface area contributed by atoms with Gasteiger partial charge in [-0.15, -0.1) is 0 Å². The number of aliphatic hydroxyl groups is 1. The molecule has 0 spiro atoms. The van der Waals surface area contributed by atoms with Gasteiger partial charge in [-0.25, -0.2) is 4.98 Å². The van der Waals surface area contributed by atoms with Crippen LogP contribution in [0.5, 0.6) is 0 Å². The van der Waals surface area contributed by atoms with Crippen LogP contribution in [0, 0.1) is 12.8 Å². The number of benzene rings is 2. The highest BCUT2D eigenvalue weighted by atomic mass is 35.5. The second-order valence-electron chi connectivity index (χ2n) is 8.07. The van der Waals surface area contributed by atoms with Crippen molar-refractivity contribution in [2.45, 2.75) is 19.5 Å². The Bertz CT molecular complexity index is 1220. The van der Waals surface area contributed by atoms with Crippen LogP contribution in [0.4, 0.5) is 13.2 Å². The van der Waals surface area contributed by atoms with Crippen molar-refractivity contribution >= 4 is 40.1 Å². The summed E-state index contributed by atoms with van der Waals surface area (Å²) in [5.74, 6) is 0.280. The van der Waals surface area contributed by atoms with Gasteiger partial charge in [0.1, 0.15) is 5.82 Å². The summed E-state index contributed by atoms with van der Waals surface area (Å²) in [7, 11) is 1.64. The van der Waals surface area contributed by atoms with Crippen molar-refractivity contribution in [2.24, 2.45) is 13.0 Å².